The molecule has 1 saturated heterocycles. The Kier molecular flexibility index (Phi) is 6.19. The number of anilines is 1. The van der Waals surface area contributed by atoms with Crippen molar-refractivity contribution in [2.45, 2.75) is 26.2 Å². The van der Waals surface area contributed by atoms with E-state index in [-0.39, 0.29) is 18.3 Å². The lowest BCUT2D eigenvalue weighted by molar-refractivity contribution is -0.116. The maximum atomic E-state index is 12.0. The molecule has 1 aliphatic heterocycles. The number of aromatic nitrogens is 1. The first-order chi connectivity index (χ1) is 10.7. The second kappa shape index (κ2) is 8.13. The van der Waals surface area contributed by atoms with Crippen molar-refractivity contribution < 1.29 is 9.21 Å². The van der Waals surface area contributed by atoms with E-state index in [1.165, 1.54) is 6.42 Å². The molecule has 1 aromatic heterocycles. The normalized spacial score (nSPS) is 16.8. The van der Waals surface area contributed by atoms with Gasteiger partial charge in [0.05, 0.1) is 6.20 Å². The first-order valence-electron chi connectivity index (χ1n) is 7.74. The van der Waals surface area contributed by atoms with Gasteiger partial charge in [-0.1, -0.05) is 0 Å². The fraction of sp³-hybridized carbons (Fsp3) is 0.412. The number of rotatable bonds is 5. The summed E-state index contributed by atoms with van der Waals surface area (Å²) in [4.78, 5) is 16.1. The summed E-state index contributed by atoms with van der Waals surface area (Å²) in [7, 11) is 0. The lowest BCUT2D eigenvalue weighted by Gasteiger charge is -2.09. The van der Waals surface area contributed by atoms with Gasteiger partial charge in [0.2, 0.25) is 5.91 Å². The number of halogens is 1. The SMILES string of the molecule is Cc1ncc(-c2ccc(NC(=O)CCC3CCNC3)cc2)o1.Cl. The van der Waals surface area contributed by atoms with E-state index >= 15 is 0 Å². The summed E-state index contributed by atoms with van der Waals surface area (Å²) in [5.74, 6) is 2.11. The van der Waals surface area contributed by atoms with Crippen molar-refractivity contribution in [1.29, 1.82) is 0 Å². The van der Waals surface area contributed by atoms with Gasteiger partial charge < -0.3 is 15.1 Å². The lowest BCUT2D eigenvalue weighted by atomic mass is 10.0. The Morgan fingerprint density at radius 3 is 2.78 bits per heavy atom. The van der Waals surface area contributed by atoms with Crippen LogP contribution in [0.25, 0.3) is 11.3 Å². The van der Waals surface area contributed by atoms with E-state index in [1.807, 2.05) is 31.2 Å². The summed E-state index contributed by atoms with van der Waals surface area (Å²) in [6, 6.07) is 7.64. The third-order valence-corrected chi connectivity index (χ3v) is 4.02. The van der Waals surface area contributed by atoms with E-state index in [4.69, 9.17) is 4.42 Å². The van der Waals surface area contributed by atoms with Crippen LogP contribution >= 0.6 is 12.4 Å². The van der Waals surface area contributed by atoms with E-state index in [1.54, 1.807) is 6.20 Å². The molecule has 0 radical (unpaired) electrons. The van der Waals surface area contributed by atoms with Crippen LogP contribution in [-0.4, -0.2) is 24.0 Å². The molecule has 2 N–H and O–H groups in total. The number of carbonyl (C=O) groups is 1. The molecule has 0 spiro atoms. The van der Waals surface area contributed by atoms with Gasteiger partial charge in [0.1, 0.15) is 0 Å². The number of nitrogens with one attached hydrogen (secondary N) is 2. The van der Waals surface area contributed by atoms with E-state index in [0.29, 0.717) is 18.2 Å². The smallest absolute Gasteiger partial charge is 0.224 e. The highest BCUT2D eigenvalue weighted by Gasteiger charge is 2.15. The van der Waals surface area contributed by atoms with Crippen LogP contribution < -0.4 is 10.6 Å². The zero-order valence-corrected chi connectivity index (χ0v) is 14.0. The van der Waals surface area contributed by atoms with Crippen LogP contribution in [0.15, 0.2) is 34.9 Å². The van der Waals surface area contributed by atoms with E-state index in [2.05, 4.69) is 15.6 Å². The van der Waals surface area contributed by atoms with Crippen LogP contribution in [0, 0.1) is 12.8 Å². The Bertz CT molecular complexity index is 634. The molecule has 1 aliphatic rings. The summed E-state index contributed by atoms with van der Waals surface area (Å²) in [6.07, 6.45) is 4.42. The minimum absolute atomic E-state index is 0. The second-order valence-corrected chi connectivity index (χ2v) is 5.77. The second-order valence-electron chi connectivity index (χ2n) is 5.77. The molecule has 1 amide bonds. The monoisotopic (exact) mass is 335 g/mol. The molecule has 1 fully saturated rings. The quantitative estimate of drug-likeness (QED) is 0.878. The maximum absolute atomic E-state index is 12.0. The first kappa shape index (κ1) is 17.5. The van der Waals surface area contributed by atoms with Gasteiger partial charge in [-0.2, -0.15) is 0 Å². The van der Waals surface area contributed by atoms with Gasteiger partial charge in [-0.05, 0) is 56.1 Å². The average Bonchev–Trinajstić information content (AvgIpc) is 3.17. The molecule has 0 bridgehead atoms. The van der Waals surface area contributed by atoms with Gasteiger partial charge in [0.25, 0.3) is 0 Å². The highest BCUT2D eigenvalue weighted by atomic mass is 35.5. The van der Waals surface area contributed by atoms with Crippen molar-refractivity contribution >= 4 is 24.0 Å². The lowest BCUT2D eigenvalue weighted by Crippen LogP contribution is -2.14. The van der Waals surface area contributed by atoms with Crippen LogP contribution in [0.2, 0.25) is 0 Å². The van der Waals surface area contributed by atoms with Crippen molar-refractivity contribution in [3.63, 3.8) is 0 Å². The van der Waals surface area contributed by atoms with Gasteiger partial charge in [-0.25, -0.2) is 4.98 Å². The first-order valence-corrected chi connectivity index (χ1v) is 7.74. The van der Waals surface area contributed by atoms with Crippen molar-refractivity contribution in [1.82, 2.24) is 10.3 Å². The summed E-state index contributed by atoms with van der Waals surface area (Å²) in [5.41, 5.74) is 1.77. The van der Waals surface area contributed by atoms with Crippen molar-refractivity contribution in [2.24, 2.45) is 5.92 Å². The molecule has 5 nitrogen and oxygen atoms in total. The fourth-order valence-electron chi connectivity index (χ4n) is 2.73. The largest absolute Gasteiger partial charge is 0.441 e. The molecule has 1 unspecified atom stereocenters. The summed E-state index contributed by atoms with van der Waals surface area (Å²) in [5, 5.41) is 6.27. The van der Waals surface area contributed by atoms with Crippen molar-refractivity contribution in [2.75, 3.05) is 18.4 Å². The number of hydrogen-bond acceptors (Lipinski definition) is 4. The maximum Gasteiger partial charge on any atom is 0.224 e. The Morgan fingerprint density at radius 1 is 1.39 bits per heavy atom. The van der Waals surface area contributed by atoms with Gasteiger partial charge in [0, 0.05) is 24.6 Å². The summed E-state index contributed by atoms with van der Waals surface area (Å²) in [6.45, 7) is 3.94. The van der Waals surface area contributed by atoms with Crippen molar-refractivity contribution in [3.8, 4) is 11.3 Å². The van der Waals surface area contributed by atoms with Gasteiger partial charge in [-0.15, -0.1) is 12.4 Å². The molecule has 2 aromatic rings. The average molecular weight is 336 g/mol. The minimum Gasteiger partial charge on any atom is -0.441 e. The topological polar surface area (TPSA) is 67.2 Å². The number of amides is 1. The predicted octanol–water partition coefficient (Wildman–Crippen LogP) is 3.40. The molecule has 2 heterocycles. The van der Waals surface area contributed by atoms with Gasteiger partial charge in [0.15, 0.2) is 11.7 Å². The number of benzene rings is 1. The zero-order chi connectivity index (χ0) is 15.4. The summed E-state index contributed by atoms with van der Waals surface area (Å²) >= 11 is 0. The number of aryl methyl sites for hydroxylation is 1. The van der Waals surface area contributed by atoms with E-state index in [0.717, 1.165) is 36.5 Å². The molecule has 0 saturated carbocycles. The molecule has 0 aliphatic carbocycles. The van der Waals surface area contributed by atoms with Gasteiger partial charge >= 0.3 is 0 Å². The molecule has 6 heteroatoms. The van der Waals surface area contributed by atoms with Crippen LogP contribution in [0.4, 0.5) is 5.69 Å². The number of oxazole rings is 1. The van der Waals surface area contributed by atoms with Crippen LogP contribution in [0.3, 0.4) is 0 Å². The van der Waals surface area contributed by atoms with Crippen LogP contribution in [0.1, 0.15) is 25.2 Å². The zero-order valence-electron chi connectivity index (χ0n) is 13.2. The molecular weight excluding hydrogens is 314 g/mol. The van der Waals surface area contributed by atoms with E-state index in [9.17, 15) is 4.79 Å². The van der Waals surface area contributed by atoms with Crippen molar-refractivity contribution in [3.05, 3.63) is 36.4 Å². The predicted molar refractivity (Wildman–Crippen MR) is 92.8 cm³/mol. The molecular formula is C17H22ClN3O2. The van der Waals surface area contributed by atoms with Crippen LogP contribution in [0.5, 0.6) is 0 Å². The molecule has 3 rings (SSSR count). The number of hydrogen-bond donors (Lipinski definition) is 2. The van der Waals surface area contributed by atoms with E-state index < -0.39 is 0 Å². The molecule has 23 heavy (non-hydrogen) atoms. The standard InChI is InChI=1S/C17H21N3O2.ClH/c1-12-19-11-16(22-12)14-3-5-15(6-4-14)20-17(21)7-2-13-8-9-18-10-13;/h3-6,11,13,18H,2,7-10H2,1H3,(H,20,21);1H. The third kappa shape index (κ3) is 4.81. The molecule has 1 atom stereocenters. The molecule has 1 aromatic carbocycles. The Labute approximate surface area is 142 Å². The highest BCUT2D eigenvalue weighted by molar-refractivity contribution is 5.90. The number of nitrogens with zero attached hydrogens (tertiary/aromatic N) is 1. The minimum atomic E-state index is 0. The molecule has 124 valence electrons. The van der Waals surface area contributed by atoms with Crippen LogP contribution in [-0.2, 0) is 4.79 Å². The number of carbonyl (C=O) groups excluding carboxylic acids is 1. The Morgan fingerprint density at radius 2 is 2.17 bits per heavy atom. The fourth-order valence-corrected chi connectivity index (χ4v) is 2.73. The van der Waals surface area contributed by atoms with Gasteiger partial charge in [-0.3, -0.25) is 4.79 Å². The Balaban J connectivity index is 0.00000192. The third-order valence-electron chi connectivity index (χ3n) is 4.02. The highest BCUT2D eigenvalue weighted by Crippen LogP contribution is 2.22. The summed E-state index contributed by atoms with van der Waals surface area (Å²) < 4.78 is 5.48. The Hall–Kier alpha value is -1.85.